The minimum atomic E-state index is 0.0157. The summed E-state index contributed by atoms with van der Waals surface area (Å²) in [5.74, 6) is 0.682. The number of nitrogens with zero attached hydrogens (tertiary/aromatic N) is 1. The third-order valence-corrected chi connectivity index (χ3v) is 3.72. The van der Waals surface area contributed by atoms with Crippen LogP contribution in [0.3, 0.4) is 0 Å². The van der Waals surface area contributed by atoms with Crippen LogP contribution in [0.1, 0.15) is 32.1 Å². The first-order valence-corrected chi connectivity index (χ1v) is 6.95. The van der Waals surface area contributed by atoms with Gasteiger partial charge in [0.2, 0.25) is 0 Å². The van der Waals surface area contributed by atoms with Gasteiger partial charge in [0.1, 0.15) is 0 Å². The highest BCUT2D eigenvalue weighted by atomic mass is 16.7. The van der Waals surface area contributed by atoms with Crippen LogP contribution < -0.4 is 0 Å². The second-order valence-electron chi connectivity index (χ2n) is 5.13. The van der Waals surface area contributed by atoms with Crippen LogP contribution in [-0.4, -0.2) is 55.8 Å². The summed E-state index contributed by atoms with van der Waals surface area (Å²) in [5.41, 5.74) is 0. The molecule has 1 atom stereocenters. The molecule has 2 fully saturated rings. The molecule has 0 aromatic heterocycles. The van der Waals surface area contributed by atoms with Crippen molar-refractivity contribution in [2.75, 3.05) is 39.5 Å². The summed E-state index contributed by atoms with van der Waals surface area (Å²) in [4.78, 5) is 2.49. The first kappa shape index (κ1) is 13.3. The molecule has 100 valence electrons. The van der Waals surface area contributed by atoms with Gasteiger partial charge in [-0.25, -0.2) is 0 Å². The Hall–Kier alpha value is -0.160. The number of aliphatic hydroxyl groups is 1. The van der Waals surface area contributed by atoms with E-state index in [1.54, 1.807) is 0 Å². The smallest absolute Gasteiger partial charge is 0.158 e. The minimum Gasteiger partial charge on any atom is -0.396 e. The molecule has 0 radical (unpaired) electrons. The zero-order valence-corrected chi connectivity index (χ0v) is 10.6. The highest BCUT2D eigenvalue weighted by molar-refractivity contribution is 4.73. The van der Waals surface area contributed by atoms with Gasteiger partial charge >= 0.3 is 0 Å². The number of rotatable bonds is 5. The van der Waals surface area contributed by atoms with E-state index in [9.17, 15) is 0 Å². The van der Waals surface area contributed by atoms with Crippen LogP contribution in [-0.2, 0) is 9.47 Å². The van der Waals surface area contributed by atoms with Crippen LogP contribution in [0.4, 0.5) is 0 Å². The second-order valence-corrected chi connectivity index (χ2v) is 5.13. The largest absolute Gasteiger partial charge is 0.396 e. The van der Waals surface area contributed by atoms with Crippen LogP contribution in [0.15, 0.2) is 0 Å². The maximum atomic E-state index is 8.98. The van der Waals surface area contributed by atoms with E-state index < -0.39 is 0 Å². The van der Waals surface area contributed by atoms with Crippen molar-refractivity contribution in [3.05, 3.63) is 0 Å². The molecule has 17 heavy (non-hydrogen) atoms. The molecule has 1 unspecified atom stereocenters. The maximum absolute atomic E-state index is 8.98. The number of aliphatic hydroxyl groups excluding tert-OH is 1. The normalized spacial score (nSPS) is 28.4. The lowest BCUT2D eigenvalue weighted by Crippen LogP contribution is -2.38. The predicted molar refractivity (Wildman–Crippen MR) is 65.8 cm³/mol. The molecule has 0 aromatic rings. The second kappa shape index (κ2) is 7.31. The Morgan fingerprint density at radius 1 is 1.12 bits per heavy atom. The number of likely N-dealkylation sites (tertiary alicyclic amines) is 1. The van der Waals surface area contributed by atoms with E-state index in [2.05, 4.69) is 4.90 Å². The minimum absolute atomic E-state index is 0.0157. The molecule has 4 nitrogen and oxygen atoms in total. The molecule has 2 heterocycles. The summed E-state index contributed by atoms with van der Waals surface area (Å²) in [6, 6.07) is 0. The van der Waals surface area contributed by atoms with Gasteiger partial charge in [0.15, 0.2) is 6.29 Å². The van der Waals surface area contributed by atoms with Gasteiger partial charge in [0.25, 0.3) is 0 Å². The van der Waals surface area contributed by atoms with E-state index in [0.717, 1.165) is 45.6 Å². The zero-order valence-electron chi connectivity index (χ0n) is 10.6. The van der Waals surface area contributed by atoms with Crippen molar-refractivity contribution in [1.82, 2.24) is 4.90 Å². The van der Waals surface area contributed by atoms with Gasteiger partial charge < -0.3 is 19.5 Å². The lowest BCUT2D eigenvalue weighted by atomic mass is 9.95. The molecule has 1 N–H and O–H groups in total. The Bertz CT molecular complexity index is 205. The van der Waals surface area contributed by atoms with Crippen molar-refractivity contribution < 1.29 is 14.6 Å². The van der Waals surface area contributed by atoms with Gasteiger partial charge in [-0.1, -0.05) is 0 Å². The highest BCUT2D eigenvalue weighted by Crippen LogP contribution is 2.20. The average Bonchev–Trinajstić information content (AvgIpc) is 2.39. The Balaban J connectivity index is 1.64. The van der Waals surface area contributed by atoms with Gasteiger partial charge in [-0.2, -0.15) is 0 Å². The molecule has 0 aromatic carbocycles. The van der Waals surface area contributed by atoms with Crippen molar-refractivity contribution >= 4 is 0 Å². The molecule has 0 amide bonds. The van der Waals surface area contributed by atoms with Crippen LogP contribution in [0.2, 0.25) is 0 Å². The standard InChI is InChI=1S/C13H25NO3/c15-8-5-12-3-1-6-14(11-12)7-4-13-16-9-2-10-17-13/h12-13,15H,1-11H2. The molecule has 2 aliphatic rings. The van der Waals surface area contributed by atoms with Crippen LogP contribution in [0, 0.1) is 5.92 Å². The van der Waals surface area contributed by atoms with Crippen molar-refractivity contribution in [2.45, 2.75) is 38.4 Å². The van der Waals surface area contributed by atoms with E-state index in [1.165, 1.54) is 19.4 Å². The molecule has 2 aliphatic heterocycles. The molecular weight excluding hydrogens is 218 g/mol. The Kier molecular flexibility index (Phi) is 5.71. The fraction of sp³-hybridized carbons (Fsp3) is 1.00. The van der Waals surface area contributed by atoms with Gasteiger partial charge in [-0.15, -0.1) is 0 Å². The summed E-state index contributed by atoms with van der Waals surface area (Å²) in [6.45, 7) is 5.40. The van der Waals surface area contributed by atoms with Gasteiger partial charge in [-0.05, 0) is 38.1 Å². The summed E-state index contributed by atoms with van der Waals surface area (Å²) in [6.07, 6.45) is 5.50. The van der Waals surface area contributed by atoms with Crippen molar-refractivity contribution in [1.29, 1.82) is 0 Å². The van der Waals surface area contributed by atoms with Gasteiger partial charge in [0.05, 0.1) is 13.2 Å². The summed E-state index contributed by atoms with van der Waals surface area (Å²) in [7, 11) is 0. The quantitative estimate of drug-likeness (QED) is 0.788. The van der Waals surface area contributed by atoms with Crippen LogP contribution in [0.5, 0.6) is 0 Å². The lowest BCUT2D eigenvalue weighted by molar-refractivity contribution is -0.183. The topological polar surface area (TPSA) is 41.9 Å². The lowest BCUT2D eigenvalue weighted by Gasteiger charge is -2.33. The summed E-state index contributed by atoms with van der Waals surface area (Å²) >= 11 is 0. The maximum Gasteiger partial charge on any atom is 0.158 e. The van der Waals surface area contributed by atoms with Crippen LogP contribution >= 0.6 is 0 Å². The molecule has 4 heteroatoms. The Morgan fingerprint density at radius 3 is 2.71 bits per heavy atom. The predicted octanol–water partition coefficient (Wildman–Crippen LogP) is 1.23. The molecular formula is C13H25NO3. The molecule has 0 bridgehead atoms. The van der Waals surface area contributed by atoms with Crippen LogP contribution in [0.25, 0.3) is 0 Å². The van der Waals surface area contributed by atoms with E-state index in [4.69, 9.17) is 14.6 Å². The van der Waals surface area contributed by atoms with E-state index in [0.29, 0.717) is 12.5 Å². The molecule has 2 saturated heterocycles. The summed E-state index contributed by atoms with van der Waals surface area (Å²) < 4.78 is 11.1. The molecule has 0 spiro atoms. The Labute approximate surface area is 104 Å². The SMILES string of the molecule is OCCC1CCCN(CCC2OCCCO2)C1. The first-order valence-electron chi connectivity index (χ1n) is 6.95. The van der Waals surface area contributed by atoms with Crippen molar-refractivity contribution in [2.24, 2.45) is 5.92 Å². The number of hydrogen-bond acceptors (Lipinski definition) is 4. The van der Waals surface area contributed by atoms with Crippen molar-refractivity contribution in [3.63, 3.8) is 0 Å². The fourth-order valence-electron chi connectivity index (χ4n) is 2.76. The van der Waals surface area contributed by atoms with Gasteiger partial charge in [-0.3, -0.25) is 0 Å². The van der Waals surface area contributed by atoms with Crippen molar-refractivity contribution in [3.8, 4) is 0 Å². The average molecular weight is 243 g/mol. The monoisotopic (exact) mass is 243 g/mol. The molecule has 2 rings (SSSR count). The fourth-order valence-corrected chi connectivity index (χ4v) is 2.76. The Morgan fingerprint density at radius 2 is 1.94 bits per heavy atom. The van der Waals surface area contributed by atoms with Gasteiger partial charge in [0, 0.05) is 26.1 Å². The molecule has 0 saturated carbocycles. The molecule has 0 aliphatic carbocycles. The third kappa shape index (κ3) is 4.54. The first-order chi connectivity index (χ1) is 8.38. The highest BCUT2D eigenvalue weighted by Gasteiger charge is 2.21. The summed E-state index contributed by atoms with van der Waals surface area (Å²) in [5, 5.41) is 8.98. The number of piperidine rings is 1. The van der Waals surface area contributed by atoms with E-state index >= 15 is 0 Å². The van der Waals surface area contributed by atoms with E-state index in [-0.39, 0.29) is 6.29 Å². The third-order valence-electron chi connectivity index (χ3n) is 3.72. The number of hydrogen-bond donors (Lipinski definition) is 1. The zero-order chi connectivity index (χ0) is 11.9. The number of ether oxygens (including phenoxy) is 2. The van der Waals surface area contributed by atoms with E-state index in [1.807, 2.05) is 0 Å².